The summed E-state index contributed by atoms with van der Waals surface area (Å²) in [4.78, 5) is 29.4. The molecule has 1 atom stereocenters. The van der Waals surface area contributed by atoms with E-state index in [1.807, 2.05) is 13.8 Å². The van der Waals surface area contributed by atoms with E-state index in [9.17, 15) is 18.0 Å². The van der Waals surface area contributed by atoms with Crippen molar-refractivity contribution in [3.8, 4) is 0 Å². The molecule has 1 unspecified atom stereocenters. The Morgan fingerprint density at radius 1 is 0.909 bits per heavy atom. The SMILES string of the molecule is CCC(C(=O)NC1CCCCC1)N(Cc1ccc(Cl)c(Cl)c1)C(=O)CN(c1cccc(Cl)c1Cl)S(=O)(=O)c1ccc(C)cc1. The van der Waals surface area contributed by atoms with E-state index in [2.05, 4.69) is 5.32 Å². The van der Waals surface area contributed by atoms with Gasteiger partial charge in [0.25, 0.3) is 10.0 Å². The monoisotopic (exact) mass is 697 g/mol. The number of amides is 2. The number of benzene rings is 3. The summed E-state index contributed by atoms with van der Waals surface area (Å²) in [7, 11) is -4.30. The predicted octanol–water partition coefficient (Wildman–Crippen LogP) is 8.06. The van der Waals surface area contributed by atoms with Crippen LogP contribution in [0.4, 0.5) is 5.69 Å². The van der Waals surface area contributed by atoms with Gasteiger partial charge in [0.1, 0.15) is 12.6 Å². The van der Waals surface area contributed by atoms with E-state index in [0.29, 0.717) is 22.0 Å². The van der Waals surface area contributed by atoms with Crippen LogP contribution in [-0.4, -0.2) is 43.8 Å². The fourth-order valence-corrected chi connectivity index (χ4v) is 7.53. The highest BCUT2D eigenvalue weighted by atomic mass is 35.5. The lowest BCUT2D eigenvalue weighted by Crippen LogP contribution is -2.54. The molecular formula is C32H35Cl4N3O4S. The summed E-state index contributed by atoms with van der Waals surface area (Å²) in [5, 5.41) is 3.88. The van der Waals surface area contributed by atoms with Gasteiger partial charge in [-0.05, 0) is 68.1 Å². The van der Waals surface area contributed by atoms with Crippen molar-refractivity contribution in [3.63, 3.8) is 0 Å². The van der Waals surface area contributed by atoms with Crippen LogP contribution in [-0.2, 0) is 26.2 Å². The van der Waals surface area contributed by atoms with Gasteiger partial charge in [0, 0.05) is 12.6 Å². The minimum atomic E-state index is -4.30. The van der Waals surface area contributed by atoms with Crippen LogP contribution in [0.1, 0.15) is 56.6 Å². The van der Waals surface area contributed by atoms with Gasteiger partial charge < -0.3 is 10.2 Å². The van der Waals surface area contributed by atoms with Crippen molar-refractivity contribution in [3.05, 3.63) is 91.9 Å². The third kappa shape index (κ3) is 8.20. The van der Waals surface area contributed by atoms with Crippen LogP contribution in [0, 0.1) is 6.92 Å². The third-order valence-electron chi connectivity index (χ3n) is 7.76. The molecular weight excluding hydrogens is 664 g/mol. The molecule has 0 aliphatic heterocycles. The van der Waals surface area contributed by atoms with Crippen LogP contribution >= 0.6 is 46.4 Å². The Bertz CT molecular complexity index is 1600. The van der Waals surface area contributed by atoms with Crippen molar-refractivity contribution in [2.75, 3.05) is 10.8 Å². The van der Waals surface area contributed by atoms with Crippen LogP contribution < -0.4 is 9.62 Å². The number of hydrogen-bond acceptors (Lipinski definition) is 4. The number of nitrogens with one attached hydrogen (secondary N) is 1. The normalized spacial score (nSPS) is 14.6. The smallest absolute Gasteiger partial charge is 0.264 e. The second-order valence-electron chi connectivity index (χ2n) is 10.9. The van der Waals surface area contributed by atoms with Crippen LogP contribution in [0.15, 0.2) is 65.6 Å². The number of nitrogens with zero attached hydrogens (tertiary/aromatic N) is 2. The number of carbonyl (C=O) groups excluding carboxylic acids is 2. The van der Waals surface area contributed by atoms with Crippen LogP contribution in [0.2, 0.25) is 20.1 Å². The maximum absolute atomic E-state index is 14.3. The van der Waals surface area contributed by atoms with Gasteiger partial charge in [0.15, 0.2) is 0 Å². The molecule has 7 nitrogen and oxygen atoms in total. The Labute approximate surface area is 279 Å². The van der Waals surface area contributed by atoms with E-state index >= 15 is 0 Å². The zero-order valence-electron chi connectivity index (χ0n) is 24.5. The van der Waals surface area contributed by atoms with E-state index in [1.165, 1.54) is 29.2 Å². The summed E-state index contributed by atoms with van der Waals surface area (Å²) in [6, 6.07) is 15.0. The van der Waals surface area contributed by atoms with Gasteiger partial charge in [-0.25, -0.2) is 8.42 Å². The predicted molar refractivity (Wildman–Crippen MR) is 178 cm³/mol. The molecule has 1 N–H and O–H groups in total. The van der Waals surface area contributed by atoms with Crippen LogP contribution in [0.5, 0.6) is 0 Å². The number of anilines is 1. The van der Waals surface area contributed by atoms with Gasteiger partial charge in [-0.3, -0.25) is 13.9 Å². The van der Waals surface area contributed by atoms with Gasteiger partial charge in [0.05, 0.1) is 30.7 Å². The van der Waals surface area contributed by atoms with Crippen molar-refractivity contribution in [1.82, 2.24) is 10.2 Å². The van der Waals surface area contributed by atoms with Gasteiger partial charge in [-0.2, -0.15) is 0 Å². The zero-order chi connectivity index (χ0) is 32.0. The molecule has 44 heavy (non-hydrogen) atoms. The maximum atomic E-state index is 14.3. The molecule has 0 spiro atoms. The molecule has 236 valence electrons. The highest BCUT2D eigenvalue weighted by molar-refractivity contribution is 7.92. The van der Waals surface area contributed by atoms with Crippen molar-refractivity contribution >= 4 is 73.9 Å². The summed E-state index contributed by atoms with van der Waals surface area (Å²) in [5.74, 6) is -0.894. The quantitative estimate of drug-likeness (QED) is 0.220. The molecule has 2 amide bonds. The third-order valence-corrected chi connectivity index (χ3v) is 11.1. The molecule has 0 bridgehead atoms. The highest BCUT2D eigenvalue weighted by Gasteiger charge is 2.35. The maximum Gasteiger partial charge on any atom is 0.264 e. The first-order valence-electron chi connectivity index (χ1n) is 14.5. The topological polar surface area (TPSA) is 86.8 Å². The second kappa shape index (κ2) is 15.2. The van der Waals surface area contributed by atoms with Crippen LogP contribution in [0.3, 0.4) is 0 Å². The number of sulfonamides is 1. The number of aryl methyl sites for hydroxylation is 1. The van der Waals surface area contributed by atoms with Crippen molar-refractivity contribution in [1.29, 1.82) is 0 Å². The Hall–Kier alpha value is -2.49. The summed E-state index contributed by atoms with van der Waals surface area (Å²) in [6.45, 7) is 3.02. The van der Waals surface area contributed by atoms with Gasteiger partial charge in [-0.1, -0.05) is 102 Å². The molecule has 0 radical (unpaired) electrons. The average Bonchev–Trinajstić information content (AvgIpc) is 2.99. The van der Waals surface area contributed by atoms with Gasteiger partial charge in [0.2, 0.25) is 11.8 Å². The molecule has 0 heterocycles. The summed E-state index contributed by atoms with van der Waals surface area (Å²) in [5.41, 5.74) is 1.54. The number of rotatable bonds is 11. The average molecular weight is 700 g/mol. The first-order chi connectivity index (χ1) is 20.9. The van der Waals surface area contributed by atoms with Crippen molar-refractivity contribution < 1.29 is 18.0 Å². The van der Waals surface area contributed by atoms with Gasteiger partial charge >= 0.3 is 0 Å². The molecule has 12 heteroatoms. The Balaban J connectivity index is 1.75. The molecule has 0 saturated heterocycles. The zero-order valence-corrected chi connectivity index (χ0v) is 28.4. The Kier molecular flexibility index (Phi) is 11.9. The molecule has 4 rings (SSSR count). The molecule has 3 aromatic rings. The lowest BCUT2D eigenvalue weighted by atomic mass is 9.95. The largest absolute Gasteiger partial charge is 0.352 e. The number of hydrogen-bond donors (Lipinski definition) is 1. The first kappa shape index (κ1) is 34.4. The highest BCUT2D eigenvalue weighted by Crippen LogP contribution is 2.36. The Morgan fingerprint density at radius 3 is 2.23 bits per heavy atom. The number of halogens is 4. The molecule has 1 fully saturated rings. The Morgan fingerprint density at radius 2 is 1.59 bits per heavy atom. The fourth-order valence-electron chi connectivity index (χ4n) is 5.33. The molecule has 0 aromatic heterocycles. The molecule has 1 saturated carbocycles. The minimum absolute atomic E-state index is 0.00594. The van der Waals surface area contributed by atoms with E-state index in [4.69, 9.17) is 46.4 Å². The molecule has 1 aliphatic carbocycles. The molecule has 3 aromatic carbocycles. The summed E-state index contributed by atoms with van der Waals surface area (Å²) < 4.78 is 29.1. The van der Waals surface area contributed by atoms with Gasteiger partial charge in [-0.15, -0.1) is 0 Å². The standard InChI is InChI=1S/C32H35Cl4N3O4S/c1-3-28(32(41)37-23-8-5-4-6-9-23)38(19-22-14-17-25(33)27(35)18-22)30(40)20-39(29-11-7-10-26(34)31(29)36)44(42,43)24-15-12-21(2)13-16-24/h7,10-18,23,28H,3-6,8-9,19-20H2,1-2H3,(H,37,41). The van der Waals surface area contributed by atoms with E-state index < -0.39 is 28.5 Å². The number of carbonyl (C=O) groups is 2. The minimum Gasteiger partial charge on any atom is -0.352 e. The van der Waals surface area contributed by atoms with E-state index in [0.717, 1.165) is 42.0 Å². The van der Waals surface area contributed by atoms with Crippen molar-refractivity contribution in [2.24, 2.45) is 0 Å². The lowest BCUT2D eigenvalue weighted by Gasteiger charge is -2.34. The first-order valence-corrected chi connectivity index (χ1v) is 17.4. The summed E-state index contributed by atoms with van der Waals surface area (Å²) >= 11 is 25.2. The van der Waals surface area contributed by atoms with E-state index in [1.54, 1.807) is 36.4 Å². The van der Waals surface area contributed by atoms with Crippen LogP contribution in [0.25, 0.3) is 0 Å². The second-order valence-corrected chi connectivity index (χ2v) is 14.4. The van der Waals surface area contributed by atoms with Crippen molar-refractivity contribution in [2.45, 2.75) is 75.9 Å². The lowest BCUT2D eigenvalue weighted by molar-refractivity contribution is -0.140. The molecule has 1 aliphatic rings. The fraction of sp³-hybridized carbons (Fsp3) is 0.375. The summed E-state index contributed by atoms with van der Waals surface area (Å²) in [6.07, 6.45) is 5.23. The van der Waals surface area contributed by atoms with E-state index in [-0.39, 0.29) is 39.1 Å².